The minimum absolute atomic E-state index is 0. The summed E-state index contributed by atoms with van der Waals surface area (Å²) in [5.41, 5.74) is 1.23. The number of rotatable bonds is 5. The number of hydrogen-bond acceptors (Lipinski definition) is 5. The van der Waals surface area contributed by atoms with Gasteiger partial charge in [0.2, 0.25) is 0 Å². The molecule has 164 valence electrons. The van der Waals surface area contributed by atoms with Crippen LogP contribution in [0.25, 0.3) is 0 Å². The fraction of sp³-hybridized carbons (Fsp3) is 0.714. The predicted octanol–water partition coefficient (Wildman–Crippen LogP) is 2.99. The molecule has 2 fully saturated rings. The largest absolute Gasteiger partial charge is 0.357 e. The van der Waals surface area contributed by atoms with Crippen molar-refractivity contribution in [2.45, 2.75) is 32.6 Å². The monoisotopic (exact) mass is 532 g/mol. The van der Waals surface area contributed by atoms with E-state index in [2.05, 4.69) is 76.7 Å². The van der Waals surface area contributed by atoms with Crippen molar-refractivity contribution in [3.63, 3.8) is 0 Å². The standard InChI is InChI=1S/C21H36N6S.HI/c1-5-22-21(27-12-13-28-19(16-27)17(2)3)24-15-18-6-7-23-20(14-18)26-10-8-25(4)9-11-26;/h6-7,14,17,19H,5,8-13,15-16H2,1-4H3,(H,22,24);1H. The van der Waals surface area contributed by atoms with Crippen molar-refractivity contribution in [2.75, 3.05) is 63.5 Å². The zero-order valence-corrected chi connectivity index (χ0v) is 21.5. The molecule has 2 aliphatic heterocycles. The lowest BCUT2D eigenvalue weighted by molar-refractivity contribution is 0.312. The van der Waals surface area contributed by atoms with Gasteiger partial charge in [0.25, 0.3) is 0 Å². The first kappa shape index (κ1) is 24.5. The highest BCUT2D eigenvalue weighted by molar-refractivity contribution is 14.0. The Morgan fingerprint density at radius 3 is 2.72 bits per heavy atom. The Morgan fingerprint density at radius 2 is 2.03 bits per heavy atom. The van der Waals surface area contributed by atoms with Gasteiger partial charge >= 0.3 is 0 Å². The third-order valence-electron chi connectivity index (χ3n) is 5.52. The summed E-state index contributed by atoms with van der Waals surface area (Å²) in [6.07, 6.45) is 1.93. The molecule has 3 heterocycles. The van der Waals surface area contributed by atoms with E-state index in [1.165, 1.54) is 11.3 Å². The second kappa shape index (κ2) is 12.2. The molecular formula is C21H37IN6S. The van der Waals surface area contributed by atoms with Gasteiger partial charge in [0.05, 0.1) is 6.54 Å². The summed E-state index contributed by atoms with van der Waals surface area (Å²) in [6.45, 7) is 14.8. The lowest BCUT2D eigenvalue weighted by Gasteiger charge is -2.36. The van der Waals surface area contributed by atoms with E-state index in [-0.39, 0.29) is 24.0 Å². The first-order valence-electron chi connectivity index (χ1n) is 10.6. The van der Waals surface area contributed by atoms with Crippen LogP contribution in [0.2, 0.25) is 0 Å². The van der Waals surface area contributed by atoms with E-state index >= 15 is 0 Å². The van der Waals surface area contributed by atoms with Gasteiger partial charge in [-0.25, -0.2) is 9.98 Å². The molecule has 8 heteroatoms. The van der Waals surface area contributed by atoms with Gasteiger partial charge in [0.15, 0.2) is 5.96 Å². The number of hydrogen-bond donors (Lipinski definition) is 1. The summed E-state index contributed by atoms with van der Waals surface area (Å²) < 4.78 is 0. The normalized spacial score (nSPS) is 21.3. The van der Waals surface area contributed by atoms with Gasteiger partial charge in [0.1, 0.15) is 5.82 Å². The van der Waals surface area contributed by atoms with Gasteiger partial charge in [0, 0.05) is 63.0 Å². The second-order valence-corrected chi connectivity index (χ2v) is 9.43. The maximum atomic E-state index is 4.97. The summed E-state index contributed by atoms with van der Waals surface area (Å²) in [5.74, 6) is 4.00. The van der Waals surface area contributed by atoms with Crippen LogP contribution >= 0.6 is 35.7 Å². The zero-order valence-electron chi connectivity index (χ0n) is 18.3. The molecule has 0 spiro atoms. The summed E-state index contributed by atoms with van der Waals surface area (Å²) in [5, 5.41) is 4.18. The van der Waals surface area contributed by atoms with Crippen molar-refractivity contribution < 1.29 is 0 Å². The second-order valence-electron chi connectivity index (χ2n) is 8.08. The van der Waals surface area contributed by atoms with Crippen molar-refractivity contribution in [2.24, 2.45) is 10.9 Å². The van der Waals surface area contributed by atoms with Gasteiger partial charge in [-0.05, 0) is 37.6 Å². The number of aromatic nitrogens is 1. The van der Waals surface area contributed by atoms with E-state index in [0.29, 0.717) is 17.7 Å². The third kappa shape index (κ3) is 7.17. The zero-order chi connectivity index (χ0) is 19.9. The maximum Gasteiger partial charge on any atom is 0.194 e. The highest BCUT2D eigenvalue weighted by atomic mass is 127. The van der Waals surface area contributed by atoms with Crippen LogP contribution in [0.4, 0.5) is 5.82 Å². The van der Waals surface area contributed by atoms with Gasteiger partial charge in [-0.15, -0.1) is 24.0 Å². The molecule has 0 aliphatic carbocycles. The first-order chi connectivity index (χ1) is 13.6. The average Bonchev–Trinajstić information content (AvgIpc) is 2.72. The molecule has 0 radical (unpaired) electrons. The Kier molecular flexibility index (Phi) is 10.3. The number of thioether (sulfide) groups is 1. The minimum Gasteiger partial charge on any atom is -0.357 e. The Hall–Kier alpha value is -0.740. The van der Waals surface area contributed by atoms with Crippen molar-refractivity contribution in [3.8, 4) is 0 Å². The number of guanidine groups is 1. The van der Waals surface area contributed by atoms with Crippen LogP contribution in [0.3, 0.4) is 0 Å². The van der Waals surface area contributed by atoms with E-state index in [1.807, 2.05) is 6.20 Å². The Morgan fingerprint density at radius 1 is 1.28 bits per heavy atom. The first-order valence-corrected chi connectivity index (χ1v) is 11.6. The summed E-state index contributed by atoms with van der Waals surface area (Å²) in [4.78, 5) is 16.8. The summed E-state index contributed by atoms with van der Waals surface area (Å²) in [7, 11) is 2.18. The highest BCUT2D eigenvalue weighted by Crippen LogP contribution is 2.25. The van der Waals surface area contributed by atoms with E-state index in [9.17, 15) is 0 Å². The summed E-state index contributed by atoms with van der Waals surface area (Å²) >= 11 is 2.10. The Bertz CT molecular complexity index is 648. The summed E-state index contributed by atoms with van der Waals surface area (Å²) in [6, 6.07) is 4.30. The highest BCUT2D eigenvalue weighted by Gasteiger charge is 2.24. The number of likely N-dealkylation sites (N-methyl/N-ethyl adjacent to an activating group) is 1. The van der Waals surface area contributed by atoms with Gasteiger partial charge in [-0.2, -0.15) is 11.8 Å². The van der Waals surface area contributed by atoms with Crippen molar-refractivity contribution in [1.29, 1.82) is 0 Å². The molecular weight excluding hydrogens is 495 g/mol. The molecule has 6 nitrogen and oxygen atoms in total. The molecule has 0 aromatic carbocycles. The molecule has 1 unspecified atom stereocenters. The molecule has 0 saturated carbocycles. The van der Waals surface area contributed by atoms with E-state index in [0.717, 1.165) is 57.6 Å². The maximum absolute atomic E-state index is 4.97. The van der Waals surface area contributed by atoms with Crippen LogP contribution in [0.15, 0.2) is 23.3 Å². The number of pyridine rings is 1. The van der Waals surface area contributed by atoms with E-state index < -0.39 is 0 Å². The topological polar surface area (TPSA) is 47.0 Å². The minimum atomic E-state index is 0. The SMILES string of the molecule is CCNC(=NCc1ccnc(N2CCN(C)CC2)c1)N1CCSC(C(C)C)C1.I. The van der Waals surface area contributed by atoms with Crippen LogP contribution in [0.5, 0.6) is 0 Å². The molecule has 3 rings (SSSR count). The number of anilines is 1. The number of halogens is 1. The third-order valence-corrected chi connectivity index (χ3v) is 7.06. The van der Waals surface area contributed by atoms with Gasteiger partial charge in [-0.1, -0.05) is 13.8 Å². The fourth-order valence-corrected chi connectivity index (χ4v) is 4.93. The lowest BCUT2D eigenvalue weighted by atomic mass is 10.1. The quantitative estimate of drug-likeness (QED) is 0.358. The number of aliphatic imine (C=N–C) groups is 1. The molecule has 2 aliphatic rings. The molecule has 0 amide bonds. The van der Waals surface area contributed by atoms with Gasteiger partial charge in [-0.3, -0.25) is 0 Å². The van der Waals surface area contributed by atoms with Crippen LogP contribution in [0.1, 0.15) is 26.3 Å². The van der Waals surface area contributed by atoms with Crippen LogP contribution in [-0.4, -0.2) is 84.6 Å². The fourth-order valence-electron chi connectivity index (χ4n) is 3.63. The molecule has 1 aromatic heterocycles. The van der Waals surface area contributed by atoms with Crippen molar-refractivity contribution in [3.05, 3.63) is 23.9 Å². The molecule has 0 bridgehead atoms. The Labute approximate surface area is 197 Å². The van der Waals surface area contributed by atoms with Crippen LogP contribution < -0.4 is 10.2 Å². The van der Waals surface area contributed by atoms with Crippen LogP contribution in [0, 0.1) is 5.92 Å². The van der Waals surface area contributed by atoms with Crippen molar-refractivity contribution >= 4 is 47.5 Å². The molecule has 2 saturated heterocycles. The molecule has 1 atom stereocenters. The molecule has 1 aromatic rings. The van der Waals surface area contributed by atoms with Gasteiger partial charge < -0.3 is 20.0 Å². The number of nitrogens with zero attached hydrogens (tertiary/aromatic N) is 5. The molecule has 1 N–H and O–H groups in total. The van der Waals surface area contributed by atoms with E-state index in [1.54, 1.807) is 0 Å². The lowest BCUT2D eigenvalue weighted by Crippen LogP contribution is -2.49. The predicted molar refractivity (Wildman–Crippen MR) is 137 cm³/mol. The van der Waals surface area contributed by atoms with Crippen molar-refractivity contribution in [1.82, 2.24) is 20.1 Å². The number of piperazine rings is 1. The molecule has 29 heavy (non-hydrogen) atoms. The average molecular weight is 533 g/mol. The van der Waals surface area contributed by atoms with Crippen LogP contribution in [-0.2, 0) is 6.54 Å². The smallest absolute Gasteiger partial charge is 0.194 e. The number of nitrogens with one attached hydrogen (secondary N) is 1. The Balaban J connectivity index is 0.00000300. The van der Waals surface area contributed by atoms with E-state index in [4.69, 9.17) is 4.99 Å².